The highest BCUT2D eigenvalue weighted by atomic mass is 35.5. The minimum absolute atomic E-state index is 0.240. The Morgan fingerprint density at radius 2 is 1.77 bits per heavy atom. The van der Waals surface area contributed by atoms with Gasteiger partial charge in [0.1, 0.15) is 17.6 Å². The van der Waals surface area contributed by atoms with Crippen LogP contribution in [0.5, 0.6) is 5.75 Å². The molecule has 0 saturated carbocycles. The van der Waals surface area contributed by atoms with E-state index in [0.717, 1.165) is 5.56 Å². The van der Waals surface area contributed by atoms with Gasteiger partial charge < -0.3 is 9.47 Å². The number of esters is 1. The monoisotopic (exact) mass is 320 g/mol. The first-order valence-corrected chi connectivity index (χ1v) is 7.08. The molecule has 1 heterocycles. The molecule has 0 atom stereocenters. The van der Waals surface area contributed by atoms with E-state index in [1.54, 1.807) is 24.3 Å². The normalized spacial score (nSPS) is 11.1. The Hall–Kier alpha value is -2.14. The van der Waals surface area contributed by atoms with Crippen molar-refractivity contribution in [3.8, 4) is 17.0 Å². The maximum Gasteiger partial charge on any atom is 0.338 e. The van der Waals surface area contributed by atoms with E-state index < -0.39 is 5.60 Å². The summed E-state index contributed by atoms with van der Waals surface area (Å²) in [5.41, 5.74) is 1.28. The van der Waals surface area contributed by atoms with E-state index in [9.17, 15) is 4.79 Å². The second kappa shape index (κ2) is 6.32. The molecule has 0 radical (unpaired) electrons. The van der Waals surface area contributed by atoms with Gasteiger partial charge in [-0.15, -0.1) is 0 Å². The Labute approximate surface area is 134 Å². The van der Waals surface area contributed by atoms with E-state index in [2.05, 4.69) is 9.97 Å². The first-order chi connectivity index (χ1) is 10.3. The standard InChI is InChI=1S/C16H17ClN2O3/c1-16(2,3)22-15(20)11-7-5-10(6-8-11)12-13(21-4)14(17)19-9-18-12/h5-9H,1-4H3. The summed E-state index contributed by atoms with van der Waals surface area (Å²) in [4.78, 5) is 20.0. The van der Waals surface area contributed by atoms with Crippen LogP contribution < -0.4 is 4.74 Å². The number of nitrogens with zero attached hydrogens (tertiary/aromatic N) is 2. The Morgan fingerprint density at radius 1 is 1.14 bits per heavy atom. The number of aromatic nitrogens is 2. The maximum absolute atomic E-state index is 12.0. The summed E-state index contributed by atoms with van der Waals surface area (Å²) in [6.45, 7) is 5.48. The van der Waals surface area contributed by atoms with E-state index in [-0.39, 0.29) is 11.1 Å². The molecule has 116 valence electrons. The molecule has 0 aliphatic carbocycles. The number of hydrogen-bond acceptors (Lipinski definition) is 5. The Morgan fingerprint density at radius 3 is 2.32 bits per heavy atom. The highest BCUT2D eigenvalue weighted by Crippen LogP contribution is 2.32. The molecule has 6 heteroatoms. The van der Waals surface area contributed by atoms with Gasteiger partial charge in [0, 0.05) is 5.56 Å². The van der Waals surface area contributed by atoms with Crippen LogP contribution in [-0.2, 0) is 4.74 Å². The summed E-state index contributed by atoms with van der Waals surface area (Å²) in [6, 6.07) is 6.89. The number of ether oxygens (including phenoxy) is 2. The largest absolute Gasteiger partial charge is 0.491 e. The zero-order chi connectivity index (χ0) is 16.3. The smallest absolute Gasteiger partial charge is 0.338 e. The summed E-state index contributed by atoms with van der Waals surface area (Å²) in [7, 11) is 1.50. The molecule has 2 aromatic rings. The van der Waals surface area contributed by atoms with Crippen molar-refractivity contribution in [2.75, 3.05) is 7.11 Å². The van der Waals surface area contributed by atoms with Crippen LogP contribution in [0.1, 0.15) is 31.1 Å². The molecule has 0 bridgehead atoms. The Balaban J connectivity index is 2.30. The van der Waals surface area contributed by atoms with Crippen LogP contribution in [0.4, 0.5) is 0 Å². The molecular formula is C16H17ClN2O3. The van der Waals surface area contributed by atoms with Crippen LogP contribution in [0, 0.1) is 0 Å². The van der Waals surface area contributed by atoms with Crippen molar-refractivity contribution in [3.63, 3.8) is 0 Å². The number of carbonyl (C=O) groups excluding carboxylic acids is 1. The van der Waals surface area contributed by atoms with Crippen molar-refractivity contribution >= 4 is 17.6 Å². The summed E-state index contributed by atoms with van der Waals surface area (Å²) in [6.07, 6.45) is 1.36. The average molecular weight is 321 g/mol. The van der Waals surface area contributed by atoms with E-state index in [1.807, 2.05) is 20.8 Å². The van der Waals surface area contributed by atoms with E-state index in [0.29, 0.717) is 17.0 Å². The molecule has 5 nitrogen and oxygen atoms in total. The van der Waals surface area contributed by atoms with Crippen LogP contribution in [-0.4, -0.2) is 28.6 Å². The van der Waals surface area contributed by atoms with Crippen molar-refractivity contribution < 1.29 is 14.3 Å². The number of hydrogen-bond donors (Lipinski definition) is 0. The third kappa shape index (κ3) is 3.74. The first kappa shape index (κ1) is 16.2. The molecule has 0 fully saturated rings. The Kier molecular flexibility index (Phi) is 4.66. The van der Waals surface area contributed by atoms with Crippen LogP contribution in [0.25, 0.3) is 11.3 Å². The third-order valence-electron chi connectivity index (χ3n) is 2.76. The molecule has 0 aliphatic rings. The molecule has 22 heavy (non-hydrogen) atoms. The zero-order valence-corrected chi connectivity index (χ0v) is 13.6. The quantitative estimate of drug-likeness (QED) is 0.636. The van der Waals surface area contributed by atoms with Gasteiger partial charge in [0.25, 0.3) is 0 Å². The fourth-order valence-corrected chi connectivity index (χ4v) is 2.05. The molecule has 2 rings (SSSR count). The predicted octanol–water partition coefficient (Wildman–Crippen LogP) is 3.76. The summed E-state index contributed by atoms with van der Waals surface area (Å²) in [5.74, 6) is 0.0286. The molecule has 0 saturated heterocycles. The Bertz CT molecular complexity index is 679. The molecule has 0 aliphatic heterocycles. The van der Waals surface area contributed by atoms with Gasteiger partial charge in [0.15, 0.2) is 10.9 Å². The lowest BCUT2D eigenvalue weighted by atomic mass is 10.1. The molecule has 0 N–H and O–H groups in total. The highest BCUT2D eigenvalue weighted by molar-refractivity contribution is 6.31. The van der Waals surface area contributed by atoms with Gasteiger partial charge in [0.05, 0.1) is 12.7 Å². The van der Waals surface area contributed by atoms with Gasteiger partial charge in [-0.3, -0.25) is 0 Å². The first-order valence-electron chi connectivity index (χ1n) is 6.70. The van der Waals surface area contributed by atoms with Crippen molar-refractivity contribution in [1.29, 1.82) is 0 Å². The molecule has 0 amide bonds. The summed E-state index contributed by atoms with van der Waals surface area (Å²) < 4.78 is 10.5. The lowest BCUT2D eigenvalue weighted by molar-refractivity contribution is 0.00696. The van der Waals surface area contributed by atoms with Crippen LogP contribution in [0.3, 0.4) is 0 Å². The number of carbonyl (C=O) groups is 1. The van der Waals surface area contributed by atoms with Crippen molar-refractivity contribution in [2.45, 2.75) is 26.4 Å². The zero-order valence-electron chi connectivity index (χ0n) is 12.9. The van der Waals surface area contributed by atoms with Crippen LogP contribution >= 0.6 is 11.6 Å². The van der Waals surface area contributed by atoms with Gasteiger partial charge in [0.2, 0.25) is 0 Å². The molecule has 1 aromatic heterocycles. The number of methoxy groups -OCH3 is 1. The van der Waals surface area contributed by atoms with Gasteiger partial charge in [-0.05, 0) is 32.9 Å². The summed E-state index contributed by atoms with van der Waals surface area (Å²) in [5, 5.41) is 0.240. The van der Waals surface area contributed by atoms with E-state index in [1.165, 1.54) is 13.4 Å². The second-order valence-electron chi connectivity index (χ2n) is 5.63. The molecule has 1 aromatic carbocycles. The van der Waals surface area contributed by atoms with Crippen molar-refractivity contribution in [2.24, 2.45) is 0 Å². The van der Waals surface area contributed by atoms with Crippen molar-refractivity contribution in [3.05, 3.63) is 41.3 Å². The molecule has 0 unspecified atom stereocenters. The summed E-state index contributed by atoms with van der Waals surface area (Å²) >= 11 is 5.98. The second-order valence-corrected chi connectivity index (χ2v) is 5.98. The van der Waals surface area contributed by atoms with Crippen LogP contribution in [0.15, 0.2) is 30.6 Å². The fraction of sp³-hybridized carbons (Fsp3) is 0.312. The maximum atomic E-state index is 12.0. The van der Waals surface area contributed by atoms with Gasteiger partial charge in [-0.25, -0.2) is 14.8 Å². The highest BCUT2D eigenvalue weighted by Gasteiger charge is 2.18. The van der Waals surface area contributed by atoms with Crippen molar-refractivity contribution in [1.82, 2.24) is 9.97 Å². The predicted molar refractivity (Wildman–Crippen MR) is 84.2 cm³/mol. The fourth-order valence-electron chi connectivity index (χ4n) is 1.84. The average Bonchev–Trinajstić information content (AvgIpc) is 2.45. The van der Waals surface area contributed by atoms with Gasteiger partial charge >= 0.3 is 5.97 Å². The van der Waals surface area contributed by atoms with Gasteiger partial charge in [-0.2, -0.15) is 0 Å². The minimum atomic E-state index is -0.529. The van der Waals surface area contributed by atoms with Crippen LogP contribution in [0.2, 0.25) is 5.15 Å². The molecular weight excluding hydrogens is 304 g/mol. The van der Waals surface area contributed by atoms with E-state index in [4.69, 9.17) is 21.1 Å². The lowest BCUT2D eigenvalue weighted by Gasteiger charge is -2.19. The SMILES string of the molecule is COc1c(Cl)ncnc1-c1ccc(C(=O)OC(C)(C)C)cc1. The third-order valence-corrected chi connectivity index (χ3v) is 3.03. The number of rotatable bonds is 3. The molecule has 0 spiro atoms. The van der Waals surface area contributed by atoms with E-state index >= 15 is 0 Å². The topological polar surface area (TPSA) is 61.3 Å². The number of halogens is 1. The minimum Gasteiger partial charge on any atom is -0.491 e. The number of benzene rings is 1. The van der Waals surface area contributed by atoms with Gasteiger partial charge in [-0.1, -0.05) is 23.7 Å². The lowest BCUT2D eigenvalue weighted by Crippen LogP contribution is -2.23.